The predicted molar refractivity (Wildman–Crippen MR) is 358 cm³/mol. The fourth-order valence-corrected chi connectivity index (χ4v) is 14.2. The Morgan fingerprint density at radius 3 is 1.63 bits per heavy atom. The van der Waals surface area contributed by atoms with Crippen LogP contribution in [0.3, 0.4) is 0 Å². The lowest BCUT2D eigenvalue weighted by Crippen LogP contribution is -2.31. The molecule has 0 aliphatic heterocycles. The van der Waals surface area contributed by atoms with E-state index in [1.807, 2.05) is 42.5 Å². The lowest BCUT2D eigenvalue weighted by Gasteiger charge is -2.30. The number of fused-ring (bicyclic) bond motifs is 14. The Morgan fingerprint density at radius 1 is 0.425 bits per heavy atom. The van der Waals surface area contributed by atoms with Gasteiger partial charge in [-0.1, -0.05) is 230 Å². The van der Waals surface area contributed by atoms with Crippen molar-refractivity contribution in [3.63, 3.8) is 0 Å². The van der Waals surface area contributed by atoms with E-state index in [-0.39, 0.29) is 16.4 Å². The van der Waals surface area contributed by atoms with Crippen molar-refractivity contribution in [2.24, 2.45) is 0 Å². The van der Waals surface area contributed by atoms with Gasteiger partial charge in [0.1, 0.15) is 28.7 Å². The summed E-state index contributed by atoms with van der Waals surface area (Å²) in [5, 5.41) is 2.01. The van der Waals surface area contributed by atoms with Gasteiger partial charge in [0.05, 0.1) is 16.4 Å². The lowest BCUT2D eigenvalue weighted by atomic mass is 9.70. The van der Waals surface area contributed by atoms with Crippen molar-refractivity contribution >= 4 is 32.8 Å². The van der Waals surface area contributed by atoms with Crippen molar-refractivity contribution < 1.29 is 13.4 Å². The number of aryl methyl sites for hydroxylation is 1. The van der Waals surface area contributed by atoms with Gasteiger partial charge < -0.3 is 4.74 Å². The highest BCUT2D eigenvalue weighted by Gasteiger charge is 2.52. The number of imidazole rings is 1. The van der Waals surface area contributed by atoms with Gasteiger partial charge in [-0.3, -0.25) is 4.57 Å². The first-order valence-corrected chi connectivity index (χ1v) is 30.2. The molecular weight excluding hydrogens is 1060 g/mol. The van der Waals surface area contributed by atoms with Crippen LogP contribution >= 0.6 is 0 Å². The van der Waals surface area contributed by atoms with E-state index in [2.05, 4.69) is 268 Å². The number of para-hydroxylation sites is 3. The molecule has 0 saturated carbocycles. The number of ether oxygens (including phenoxy) is 1. The van der Waals surface area contributed by atoms with Gasteiger partial charge in [0.2, 0.25) is 0 Å². The van der Waals surface area contributed by atoms with Crippen LogP contribution in [0.25, 0.3) is 106 Å². The van der Waals surface area contributed by atoms with Crippen LogP contribution in [0.15, 0.2) is 267 Å². The summed E-state index contributed by atoms with van der Waals surface area (Å²) in [4.78, 5) is 5.21. The highest BCUT2D eigenvalue weighted by atomic mass is 16.5. The average Bonchev–Trinajstić information content (AvgIpc) is 1.50. The Hall–Kier alpha value is -10.4. The van der Waals surface area contributed by atoms with Gasteiger partial charge in [0, 0.05) is 49.9 Å². The molecule has 14 aromatic rings. The molecule has 5 nitrogen and oxygen atoms in total. The normalized spacial score (nSPS) is 13.7. The summed E-state index contributed by atoms with van der Waals surface area (Å²) in [6.45, 7) is 11.3. The van der Waals surface area contributed by atoms with E-state index in [1.54, 1.807) is 12.3 Å². The molecule has 0 amide bonds. The van der Waals surface area contributed by atoms with Crippen LogP contribution < -0.4 is 9.30 Å². The molecule has 0 radical (unpaired) electrons. The van der Waals surface area contributed by atoms with Gasteiger partial charge in [-0.15, -0.1) is 0 Å². The van der Waals surface area contributed by atoms with Gasteiger partial charge in [0.15, 0.2) is 11.0 Å². The number of benzene rings is 11. The van der Waals surface area contributed by atoms with Crippen LogP contribution in [-0.4, -0.2) is 14.1 Å². The molecule has 0 unspecified atom stereocenters. The Bertz CT molecular complexity index is 5160. The summed E-state index contributed by atoms with van der Waals surface area (Å²) in [7, 11) is 0. The molecule has 2 aliphatic carbocycles. The molecule has 0 bridgehead atoms. The number of pyridine rings is 1. The van der Waals surface area contributed by atoms with E-state index in [1.165, 1.54) is 61.2 Å². The van der Waals surface area contributed by atoms with Gasteiger partial charge in [-0.05, 0) is 150 Å². The van der Waals surface area contributed by atoms with Gasteiger partial charge >= 0.3 is 0 Å². The second kappa shape index (κ2) is 19.6. The zero-order valence-corrected chi connectivity index (χ0v) is 49.6. The van der Waals surface area contributed by atoms with Crippen LogP contribution in [0.2, 0.25) is 0 Å². The van der Waals surface area contributed by atoms with Crippen molar-refractivity contribution in [2.45, 2.75) is 64.6 Å². The highest BCUT2D eigenvalue weighted by molar-refractivity contribution is 6.13. The quantitative estimate of drug-likeness (QED) is 0.142. The molecule has 3 heterocycles. The molecule has 0 N–H and O–H groups in total. The molecular formula is C82H65N4O+. The molecule has 16 rings (SSSR count). The van der Waals surface area contributed by atoms with Crippen LogP contribution in [0.5, 0.6) is 11.5 Å². The van der Waals surface area contributed by atoms with Gasteiger partial charge in [0.25, 0.3) is 6.33 Å². The minimum absolute atomic E-state index is 0.0698. The molecule has 418 valence electrons. The predicted octanol–water partition coefficient (Wildman–Crippen LogP) is 20.4. The van der Waals surface area contributed by atoms with Crippen molar-refractivity contribution in [3.8, 4) is 84.3 Å². The maximum Gasteiger partial charge on any atom is 0.255 e. The summed E-state index contributed by atoms with van der Waals surface area (Å²) >= 11 is 0. The third kappa shape index (κ3) is 8.20. The standard InChI is InChI=1S/C82H65N4O/c1-52-42-78(83-50-69(52)54-26-12-9-13-27-54)86-76-47-60(40-41-66(76)68-48-67-65-32-16-19-37-72(65)82(73(67)49-77(68)86)70-35-17-14-30-63(70)64-31-15-18-36-71(64)82)87-59-29-22-28-58(46-59)84-51-85(75-39-21-20-38-74(75)84)79-61(53-24-10-8-11-25-53)33-23-34-62(79)55-43-56(80(2,3)4)45-57(44-55)81(5,6)7/h8-51H,1-7H3/q+1/i1D3. The maximum absolute atomic E-state index is 8.98. The first-order valence-electron chi connectivity index (χ1n) is 31.7. The van der Waals surface area contributed by atoms with Crippen molar-refractivity contribution in [1.29, 1.82) is 0 Å². The molecule has 0 atom stereocenters. The van der Waals surface area contributed by atoms with E-state index >= 15 is 0 Å². The monoisotopic (exact) mass is 1120 g/mol. The molecule has 0 saturated heterocycles. The van der Waals surface area contributed by atoms with Crippen LogP contribution in [-0.2, 0) is 16.2 Å². The average molecular weight is 1130 g/mol. The molecule has 3 aromatic heterocycles. The number of aromatic nitrogens is 4. The van der Waals surface area contributed by atoms with Crippen LogP contribution in [0.1, 0.15) is 84.6 Å². The van der Waals surface area contributed by atoms with E-state index < -0.39 is 12.3 Å². The highest BCUT2D eigenvalue weighted by Crippen LogP contribution is 2.63. The summed E-state index contributed by atoms with van der Waals surface area (Å²) in [5.41, 5.74) is 23.6. The van der Waals surface area contributed by atoms with Crippen LogP contribution in [0, 0.1) is 6.85 Å². The number of rotatable bonds is 8. The Labute approximate surface area is 513 Å². The third-order valence-electron chi connectivity index (χ3n) is 18.4. The SMILES string of the molecule is [2H]C([2H])([2H])c1cc(-n2c3cc(Oc4cccc(-n5c[n+](-c6c(-c7ccccc7)cccc6-c6cc(C(C)(C)C)cc(C(C)(C)C)c6)c6ccccc65)c4)ccc3c3cc4c(cc32)C2(c3ccccc3-c3ccccc32)c2ccccc2-4)ncc1-c1ccccc1. The number of hydrogen-bond acceptors (Lipinski definition) is 2. The molecule has 5 heteroatoms. The topological polar surface area (TPSA) is 35.9 Å². The van der Waals surface area contributed by atoms with Gasteiger partial charge in [-0.25, -0.2) is 4.98 Å². The van der Waals surface area contributed by atoms with E-state index in [0.29, 0.717) is 22.9 Å². The van der Waals surface area contributed by atoms with Crippen molar-refractivity contribution in [1.82, 2.24) is 14.1 Å². The molecule has 11 aromatic carbocycles. The summed E-state index contributed by atoms with van der Waals surface area (Å²) in [5.74, 6) is 1.77. The summed E-state index contributed by atoms with van der Waals surface area (Å²) in [6, 6.07) is 90.5. The molecule has 1 spiro atoms. The molecule has 2 aliphatic rings. The van der Waals surface area contributed by atoms with Crippen LogP contribution in [0.4, 0.5) is 0 Å². The van der Waals surface area contributed by atoms with Crippen molar-refractivity contribution in [2.75, 3.05) is 0 Å². The minimum Gasteiger partial charge on any atom is -0.457 e. The second-order valence-corrected chi connectivity index (χ2v) is 25.6. The van der Waals surface area contributed by atoms with E-state index in [9.17, 15) is 0 Å². The van der Waals surface area contributed by atoms with E-state index in [0.717, 1.165) is 66.5 Å². The Balaban J connectivity index is 0.869. The first kappa shape index (κ1) is 49.0. The smallest absolute Gasteiger partial charge is 0.255 e. The largest absolute Gasteiger partial charge is 0.457 e. The second-order valence-electron chi connectivity index (χ2n) is 25.6. The Kier molecular flexibility index (Phi) is 11.0. The van der Waals surface area contributed by atoms with Gasteiger partial charge in [-0.2, -0.15) is 9.13 Å². The Morgan fingerprint density at radius 2 is 0.977 bits per heavy atom. The number of nitrogens with zero attached hydrogens (tertiary/aromatic N) is 4. The lowest BCUT2D eigenvalue weighted by molar-refractivity contribution is -0.566. The summed E-state index contributed by atoms with van der Waals surface area (Å²) < 4.78 is 40.8. The van der Waals surface area contributed by atoms with Crippen molar-refractivity contribution in [3.05, 3.63) is 306 Å². The fourth-order valence-electron chi connectivity index (χ4n) is 14.2. The fraction of sp³-hybridized carbons (Fsp3) is 0.122. The first-order chi connectivity index (χ1) is 43.5. The maximum atomic E-state index is 8.98. The summed E-state index contributed by atoms with van der Waals surface area (Å²) in [6.07, 6.45) is 3.96. The third-order valence-corrected chi connectivity index (χ3v) is 18.4. The molecule has 0 fully saturated rings. The number of hydrogen-bond donors (Lipinski definition) is 0. The zero-order valence-electron chi connectivity index (χ0n) is 52.6. The van der Waals surface area contributed by atoms with E-state index in [4.69, 9.17) is 13.8 Å². The zero-order chi connectivity index (χ0) is 61.4. The molecule has 87 heavy (non-hydrogen) atoms. The minimum atomic E-state index is -2.45.